The molecule has 0 bridgehead atoms. The van der Waals surface area contributed by atoms with E-state index in [0.29, 0.717) is 18.1 Å². The van der Waals surface area contributed by atoms with E-state index in [2.05, 4.69) is 79.4 Å². The maximum atomic E-state index is 5.83. The van der Waals surface area contributed by atoms with E-state index in [-0.39, 0.29) is 0 Å². The largest absolute Gasteiger partial charge is 0.373 e. The van der Waals surface area contributed by atoms with Crippen LogP contribution < -0.4 is 0 Å². The van der Waals surface area contributed by atoms with E-state index in [1.165, 1.54) is 43.4 Å². The van der Waals surface area contributed by atoms with E-state index in [1.807, 2.05) is 0 Å². The predicted octanol–water partition coefficient (Wildman–Crippen LogP) is 5.49. The number of benzene rings is 2. The van der Waals surface area contributed by atoms with Crippen LogP contribution in [0.25, 0.3) is 0 Å². The lowest BCUT2D eigenvalue weighted by Gasteiger charge is -2.35. The van der Waals surface area contributed by atoms with Crippen LogP contribution in [0.3, 0.4) is 0 Å². The molecule has 1 fully saturated rings. The van der Waals surface area contributed by atoms with Crippen LogP contribution in [0.1, 0.15) is 56.6 Å². The van der Waals surface area contributed by atoms with Crippen LogP contribution in [-0.2, 0) is 4.74 Å². The fourth-order valence-electron chi connectivity index (χ4n) is 4.22. The van der Waals surface area contributed by atoms with E-state index >= 15 is 0 Å². The zero-order valence-corrected chi connectivity index (χ0v) is 16.3. The molecule has 3 rings (SSSR count). The highest BCUT2D eigenvalue weighted by atomic mass is 16.5. The van der Waals surface area contributed by atoms with Crippen molar-refractivity contribution in [1.82, 2.24) is 4.90 Å². The van der Waals surface area contributed by atoms with Crippen molar-refractivity contribution < 1.29 is 4.74 Å². The molecule has 26 heavy (non-hydrogen) atoms. The summed E-state index contributed by atoms with van der Waals surface area (Å²) in [5.41, 5.74) is 2.88. The lowest BCUT2D eigenvalue weighted by Crippen LogP contribution is -2.45. The molecule has 1 saturated heterocycles. The van der Waals surface area contributed by atoms with E-state index < -0.39 is 0 Å². The van der Waals surface area contributed by atoms with Gasteiger partial charge in [-0.1, -0.05) is 73.5 Å². The molecular weight excluding hydrogens is 318 g/mol. The molecule has 0 saturated carbocycles. The van der Waals surface area contributed by atoms with Crippen LogP contribution >= 0.6 is 0 Å². The van der Waals surface area contributed by atoms with Gasteiger partial charge >= 0.3 is 0 Å². The molecule has 1 heterocycles. The number of hydrogen-bond acceptors (Lipinski definition) is 2. The molecule has 2 unspecified atom stereocenters. The highest BCUT2D eigenvalue weighted by molar-refractivity contribution is 5.32. The van der Waals surface area contributed by atoms with Gasteiger partial charge in [-0.3, -0.25) is 4.90 Å². The Bertz CT molecular complexity index is 578. The maximum absolute atomic E-state index is 5.83. The van der Waals surface area contributed by atoms with Gasteiger partial charge in [0.2, 0.25) is 0 Å². The Kier molecular flexibility index (Phi) is 7.28. The normalized spacial score (nSPS) is 21.2. The van der Waals surface area contributed by atoms with Gasteiger partial charge in [0, 0.05) is 19.0 Å². The summed E-state index contributed by atoms with van der Waals surface area (Å²) in [4.78, 5) is 2.57. The molecule has 0 amide bonds. The number of unbranched alkanes of at least 4 members (excludes halogenated alkanes) is 2. The predicted molar refractivity (Wildman–Crippen MR) is 110 cm³/mol. The first-order valence-corrected chi connectivity index (χ1v) is 10.2. The van der Waals surface area contributed by atoms with Gasteiger partial charge in [0.15, 0.2) is 0 Å². The molecule has 2 atom stereocenters. The first kappa shape index (κ1) is 19.1. The van der Waals surface area contributed by atoms with Crippen molar-refractivity contribution in [2.45, 2.75) is 57.7 Å². The summed E-state index contributed by atoms with van der Waals surface area (Å²) in [6, 6.07) is 21.9. The van der Waals surface area contributed by atoms with E-state index in [9.17, 15) is 0 Å². The SMILES string of the molecule is CC1CN(CCCCCC(c2ccccc2)c2ccccc2)CC(C)O1. The number of rotatable bonds is 8. The van der Waals surface area contributed by atoms with Crippen LogP contribution in [0.5, 0.6) is 0 Å². The Hall–Kier alpha value is -1.64. The molecule has 0 spiro atoms. The zero-order valence-electron chi connectivity index (χ0n) is 16.3. The fraction of sp³-hybridized carbons (Fsp3) is 0.500. The van der Waals surface area contributed by atoms with Gasteiger partial charge in [-0.25, -0.2) is 0 Å². The van der Waals surface area contributed by atoms with Gasteiger partial charge in [0.1, 0.15) is 0 Å². The topological polar surface area (TPSA) is 12.5 Å². The molecule has 0 aromatic heterocycles. The monoisotopic (exact) mass is 351 g/mol. The van der Waals surface area contributed by atoms with Crippen molar-refractivity contribution in [1.29, 1.82) is 0 Å². The van der Waals surface area contributed by atoms with Gasteiger partial charge in [0.25, 0.3) is 0 Å². The molecule has 2 aromatic rings. The summed E-state index contributed by atoms with van der Waals surface area (Å²) in [6.07, 6.45) is 5.85. The van der Waals surface area contributed by atoms with Crippen LogP contribution in [-0.4, -0.2) is 36.7 Å². The number of hydrogen-bond donors (Lipinski definition) is 0. The highest BCUT2D eigenvalue weighted by Gasteiger charge is 2.21. The summed E-state index contributed by atoms with van der Waals surface area (Å²) in [5.74, 6) is 0.515. The lowest BCUT2D eigenvalue weighted by molar-refractivity contribution is -0.0681. The van der Waals surface area contributed by atoms with Crippen LogP contribution in [0, 0.1) is 0 Å². The van der Waals surface area contributed by atoms with Crippen molar-refractivity contribution in [2.75, 3.05) is 19.6 Å². The molecule has 140 valence electrons. The van der Waals surface area contributed by atoms with Crippen molar-refractivity contribution in [2.24, 2.45) is 0 Å². The van der Waals surface area contributed by atoms with Gasteiger partial charge in [-0.15, -0.1) is 0 Å². The summed E-state index contributed by atoms with van der Waals surface area (Å²) in [7, 11) is 0. The fourth-order valence-corrected chi connectivity index (χ4v) is 4.22. The minimum Gasteiger partial charge on any atom is -0.373 e. The molecule has 0 N–H and O–H groups in total. The third-order valence-electron chi connectivity index (χ3n) is 5.37. The molecule has 1 aliphatic rings. The smallest absolute Gasteiger partial charge is 0.0678 e. The Morgan fingerprint density at radius 3 is 1.88 bits per heavy atom. The summed E-state index contributed by atoms with van der Waals surface area (Å²) in [5, 5.41) is 0. The highest BCUT2D eigenvalue weighted by Crippen LogP contribution is 2.29. The number of morpholine rings is 1. The van der Waals surface area contributed by atoms with Crippen LogP contribution in [0.4, 0.5) is 0 Å². The maximum Gasteiger partial charge on any atom is 0.0678 e. The molecule has 2 aromatic carbocycles. The molecule has 0 aliphatic carbocycles. The van der Waals surface area contributed by atoms with E-state index in [4.69, 9.17) is 4.74 Å². The molecule has 2 heteroatoms. The van der Waals surface area contributed by atoms with Crippen molar-refractivity contribution in [3.05, 3.63) is 71.8 Å². The van der Waals surface area contributed by atoms with Crippen molar-refractivity contribution in [3.8, 4) is 0 Å². The molecule has 2 nitrogen and oxygen atoms in total. The Morgan fingerprint density at radius 1 is 0.808 bits per heavy atom. The summed E-state index contributed by atoms with van der Waals surface area (Å²) >= 11 is 0. The Morgan fingerprint density at radius 2 is 1.35 bits per heavy atom. The van der Waals surface area contributed by atoms with Gasteiger partial charge in [-0.2, -0.15) is 0 Å². The first-order chi connectivity index (χ1) is 12.7. The number of nitrogens with zero attached hydrogens (tertiary/aromatic N) is 1. The van der Waals surface area contributed by atoms with Gasteiger partial charge < -0.3 is 4.74 Å². The standard InChI is InChI=1S/C24H33NO/c1-20-18-25(19-21(2)26-20)17-11-5-10-16-24(22-12-6-3-7-13-22)23-14-8-4-9-15-23/h3-4,6-9,12-15,20-21,24H,5,10-11,16-19H2,1-2H3. The third-order valence-corrected chi connectivity index (χ3v) is 5.37. The summed E-state index contributed by atoms with van der Waals surface area (Å²) in [6.45, 7) is 7.75. The van der Waals surface area contributed by atoms with E-state index in [1.54, 1.807) is 0 Å². The second kappa shape index (κ2) is 9.89. The van der Waals surface area contributed by atoms with E-state index in [0.717, 1.165) is 13.1 Å². The Balaban J connectivity index is 1.48. The minimum absolute atomic E-state index is 0.374. The minimum atomic E-state index is 0.374. The molecular formula is C24H33NO. The van der Waals surface area contributed by atoms with Crippen molar-refractivity contribution >= 4 is 0 Å². The first-order valence-electron chi connectivity index (χ1n) is 10.2. The Labute approximate surface area is 159 Å². The zero-order chi connectivity index (χ0) is 18.2. The molecule has 1 aliphatic heterocycles. The van der Waals surface area contributed by atoms with Gasteiger partial charge in [0.05, 0.1) is 12.2 Å². The second-order valence-electron chi connectivity index (χ2n) is 7.74. The average molecular weight is 352 g/mol. The van der Waals surface area contributed by atoms with Crippen LogP contribution in [0.15, 0.2) is 60.7 Å². The quantitative estimate of drug-likeness (QED) is 0.583. The third kappa shape index (κ3) is 5.69. The van der Waals surface area contributed by atoms with Crippen molar-refractivity contribution in [3.63, 3.8) is 0 Å². The van der Waals surface area contributed by atoms with Gasteiger partial charge in [-0.05, 0) is 44.4 Å². The lowest BCUT2D eigenvalue weighted by atomic mass is 9.87. The average Bonchev–Trinajstić information content (AvgIpc) is 2.65. The second-order valence-corrected chi connectivity index (χ2v) is 7.74. The summed E-state index contributed by atoms with van der Waals surface area (Å²) < 4.78 is 5.83. The molecule has 0 radical (unpaired) electrons. The number of ether oxygens (including phenoxy) is 1. The van der Waals surface area contributed by atoms with Crippen LogP contribution in [0.2, 0.25) is 0 Å².